The van der Waals surface area contributed by atoms with Gasteiger partial charge in [-0.2, -0.15) is 0 Å². The highest BCUT2D eigenvalue weighted by Gasteiger charge is 2.45. The third-order valence-electron chi connectivity index (χ3n) is 5.87. The van der Waals surface area contributed by atoms with Gasteiger partial charge in [0.15, 0.2) is 0 Å². The summed E-state index contributed by atoms with van der Waals surface area (Å²) in [6.45, 7) is 5.70. The van der Waals surface area contributed by atoms with E-state index < -0.39 is 5.60 Å². The molecule has 0 radical (unpaired) electrons. The van der Waals surface area contributed by atoms with Crippen LogP contribution in [0.5, 0.6) is 0 Å². The van der Waals surface area contributed by atoms with Crippen molar-refractivity contribution >= 4 is 11.8 Å². The van der Waals surface area contributed by atoms with Gasteiger partial charge in [-0.15, -0.1) is 0 Å². The van der Waals surface area contributed by atoms with Gasteiger partial charge in [-0.25, -0.2) is 0 Å². The Kier molecular flexibility index (Phi) is 4.89. The van der Waals surface area contributed by atoms with Gasteiger partial charge in [0, 0.05) is 19.0 Å². The predicted octanol–water partition coefficient (Wildman–Crippen LogP) is 1.21. The standard InChI is InChI=1S/C18H30N2O4/c1-13(2)16(22)19-14-10-18(24-12-14)6-8-20(9-7-18)15(21)11-17(23)4-3-5-17/h13-14,23H,3-12H2,1-2H3,(H,19,22). The van der Waals surface area contributed by atoms with E-state index in [0.29, 0.717) is 19.7 Å². The number of hydrogen-bond acceptors (Lipinski definition) is 4. The summed E-state index contributed by atoms with van der Waals surface area (Å²) >= 11 is 0. The van der Waals surface area contributed by atoms with Crippen LogP contribution >= 0.6 is 0 Å². The van der Waals surface area contributed by atoms with Crippen molar-refractivity contribution in [2.45, 2.75) is 76.0 Å². The van der Waals surface area contributed by atoms with Gasteiger partial charge in [-0.05, 0) is 38.5 Å². The van der Waals surface area contributed by atoms with E-state index in [1.165, 1.54) is 0 Å². The zero-order chi connectivity index (χ0) is 17.4. The van der Waals surface area contributed by atoms with Crippen LogP contribution in [-0.2, 0) is 14.3 Å². The molecular weight excluding hydrogens is 308 g/mol. The number of amides is 2. The second-order valence-corrected chi connectivity index (χ2v) is 8.19. The number of nitrogens with one attached hydrogen (secondary N) is 1. The Balaban J connectivity index is 1.46. The van der Waals surface area contributed by atoms with E-state index in [-0.39, 0.29) is 35.8 Å². The molecule has 0 aromatic carbocycles. The van der Waals surface area contributed by atoms with Crippen molar-refractivity contribution in [2.75, 3.05) is 19.7 Å². The lowest BCUT2D eigenvalue weighted by atomic mass is 9.77. The molecule has 0 bridgehead atoms. The van der Waals surface area contributed by atoms with Crippen LogP contribution in [0.15, 0.2) is 0 Å². The Bertz CT molecular complexity index is 493. The highest BCUT2D eigenvalue weighted by molar-refractivity contribution is 5.78. The minimum Gasteiger partial charge on any atom is -0.389 e. The summed E-state index contributed by atoms with van der Waals surface area (Å²) in [4.78, 5) is 26.1. The topological polar surface area (TPSA) is 78.9 Å². The zero-order valence-electron chi connectivity index (χ0n) is 14.8. The van der Waals surface area contributed by atoms with Crippen LogP contribution in [0, 0.1) is 5.92 Å². The Morgan fingerprint density at radius 3 is 2.46 bits per heavy atom. The van der Waals surface area contributed by atoms with Crippen molar-refractivity contribution in [3.05, 3.63) is 0 Å². The monoisotopic (exact) mass is 338 g/mol. The molecule has 1 unspecified atom stereocenters. The first kappa shape index (κ1) is 17.7. The largest absolute Gasteiger partial charge is 0.389 e. The molecular formula is C18H30N2O4. The Morgan fingerprint density at radius 2 is 1.92 bits per heavy atom. The first-order valence-electron chi connectivity index (χ1n) is 9.25. The number of likely N-dealkylation sites (tertiary alicyclic amines) is 1. The van der Waals surface area contributed by atoms with Crippen molar-refractivity contribution in [1.82, 2.24) is 10.2 Å². The van der Waals surface area contributed by atoms with Gasteiger partial charge >= 0.3 is 0 Å². The van der Waals surface area contributed by atoms with Gasteiger partial charge in [0.2, 0.25) is 11.8 Å². The highest BCUT2D eigenvalue weighted by Crippen LogP contribution is 2.38. The van der Waals surface area contributed by atoms with Crippen molar-refractivity contribution in [3.63, 3.8) is 0 Å². The lowest BCUT2D eigenvalue weighted by Gasteiger charge is -2.41. The first-order chi connectivity index (χ1) is 11.3. The highest BCUT2D eigenvalue weighted by atomic mass is 16.5. The SMILES string of the molecule is CC(C)C(=O)NC1COC2(CCN(C(=O)CC3(O)CCC3)CC2)C1. The van der Waals surface area contributed by atoms with E-state index >= 15 is 0 Å². The lowest BCUT2D eigenvalue weighted by Crippen LogP contribution is -2.50. The van der Waals surface area contributed by atoms with Crippen molar-refractivity contribution in [1.29, 1.82) is 0 Å². The summed E-state index contributed by atoms with van der Waals surface area (Å²) in [7, 11) is 0. The van der Waals surface area contributed by atoms with Crippen LogP contribution in [-0.4, -0.2) is 58.8 Å². The van der Waals surface area contributed by atoms with Gasteiger partial charge < -0.3 is 20.1 Å². The number of aliphatic hydroxyl groups is 1. The molecule has 2 heterocycles. The number of carbonyl (C=O) groups excluding carboxylic acids is 2. The molecule has 2 amide bonds. The fourth-order valence-corrected chi connectivity index (χ4v) is 3.97. The van der Waals surface area contributed by atoms with E-state index in [4.69, 9.17) is 4.74 Å². The normalized spacial score (nSPS) is 28.0. The van der Waals surface area contributed by atoms with Gasteiger partial charge in [-0.3, -0.25) is 9.59 Å². The lowest BCUT2D eigenvalue weighted by molar-refractivity contribution is -0.144. The molecule has 1 saturated carbocycles. The maximum atomic E-state index is 12.4. The van der Waals surface area contributed by atoms with Crippen LogP contribution in [0.4, 0.5) is 0 Å². The molecule has 1 atom stereocenters. The summed E-state index contributed by atoms with van der Waals surface area (Å²) in [5.41, 5.74) is -0.943. The number of piperidine rings is 1. The zero-order valence-corrected chi connectivity index (χ0v) is 14.8. The van der Waals surface area contributed by atoms with Gasteiger partial charge in [0.05, 0.1) is 30.3 Å². The molecule has 0 aromatic rings. The number of hydrogen-bond donors (Lipinski definition) is 2. The summed E-state index contributed by atoms with van der Waals surface area (Å²) in [5, 5.41) is 13.2. The van der Waals surface area contributed by atoms with Gasteiger partial charge in [0.1, 0.15) is 0 Å². The maximum absolute atomic E-state index is 12.4. The second-order valence-electron chi connectivity index (χ2n) is 8.19. The minimum atomic E-state index is -0.748. The number of carbonyl (C=O) groups is 2. The smallest absolute Gasteiger partial charge is 0.225 e. The average Bonchev–Trinajstić information content (AvgIpc) is 2.88. The summed E-state index contributed by atoms with van der Waals surface area (Å²) in [6, 6.07) is 0.0813. The number of rotatable bonds is 4. The summed E-state index contributed by atoms with van der Waals surface area (Å²) < 4.78 is 6.03. The third kappa shape index (κ3) is 3.75. The van der Waals surface area contributed by atoms with Crippen LogP contribution in [0.3, 0.4) is 0 Å². The molecule has 3 aliphatic rings. The van der Waals surface area contributed by atoms with Crippen molar-refractivity contribution in [2.24, 2.45) is 5.92 Å². The second kappa shape index (κ2) is 6.64. The Labute approximate surface area is 143 Å². The average molecular weight is 338 g/mol. The van der Waals surface area contributed by atoms with E-state index in [0.717, 1.165) is 38.5 Å². The maximum Gasteiger partial charge on any atom is 0.225 e. The number of ether oxygens (including phenoxy) is 1. The molecule has 2 N–H and O–H groups in total. The van der Waals surface area contributed by atoms with E-state index in [9.17, 15) is 14.7 Å². The van der Waals surface area contributed by atoms with Gasteiger partial charge in [-0.1, -0.05) is 13.8 Å². The molecule has 136 valence electrons. The Morgan fingerprint density at radius 1 is 1.25 bits per heavy atom. The predicted molar refractivity (Wildman–Crippen MR) is 89.3 cm³/mol. The first-order valence-corrected chi connectivity index (χ1v) is 9.25. The van der Waals surface area contributed by atoms with Crippen LogP contribution < -0.4 is 5.32 Å². The van der Waals surface area contributed by atoms with Crippen LogP contribution in [0.2, 0.25) is 0 Å². The molecule has 2 aliphatic heterocycles. The third-order valence-corrected chi connectivity index (χ3v) is 5.87. The van der Waals surface area contributed by atoms with E-state index in [2.05, 4.69) is 5.32 Å². The van der Waals surface area contributed by atoms with E-state index in [1.54, 1.807) is 0 Å². The van der Waals surface area contributed by atoms with Crippen LogP contribution in [0.25, 0.3) is 0 Å². The van der Waals surface area contributed by atoms with E-state index in [1.807, 2.05) is 18.7 Å². The molecule has 3 rings (SSSR count). The fraction of sp³-hybridized carbons (Fsp3) is 0.889. The van der Waals surface area contributed by atoms with Crippen LogP contribution in [0.1, 0.15) is 58.8 Å². The molecule has 0 aromatic heterocycles. The fourth-order valence-electron chi connectivity index (χ4n) is 3.97. The number of nitrogens with zero attached hydrogens (tertiary/aromatic N) is 1. The van der Waals surface area contributed by atoms with Crippen molar-refractivity contribution < 1.29 is 19.4 Å². The molecule has 2 saturated heterocycles. The molecule has 1 aliphatic carbocycles. The molecule has 24 heavy (non-hydrogen) atoms. The minimum absolute atomic E-state index is 0.0154. The quantitative estimate of drug-likeness (QED) is 0.808. The summed E-state index contributed by atoms with van der Waals surface area (Å²) in [6.07, 6.45) is 5.22. The molecule has 1 spiro atoms. The Hall–Kier alpha value is -1.14. The molecule has 6 nitrogen and oxygen atoms in total. The van der Waals surface area contributed by atoms with Crippen molar-refractivity contribution in [3.8, 4) is 0 Å². The van der Waals surface area contributed by atoms with Gasteiger partial charge in [0.25, 0.3) is 0 Å². The molecule has 6 heteroatoms. The molecule has 3 fully saturated rings. The summed E-state index contributed by atoms with van der Waals surface area (Å²) in [5.74, 6) is 0.120.